The van der Waals surface area contributed by atoms with Crippen molar-refractivity contribution in [3.63, 3.8) is 0 Å². The van der Waals surface area contributed by atoms with Crippen molar-refractivity contribution in [2.24, 2.45) is 28.1 Å². The molecule has 0 unspecified atom stereocenters. The topological polar surface area (TPSA) is 131 Å². The molecule has 0 aromatic carbocycles. The zero-order valence-corrected chi connectivity index (χ0v) is 22.1. The number of carbonyl (C=O) groups is 4. The summed E-state index contributed by atoms with van der Waals surface area (Å²) in [5.41, 5.74) is -4.21. The Kier molecular flexibility index (Phi) is 4.53. The van der Waals surface area contributed by atoms with Crippen LogP contribution in [0.5, 0.6) is 0 Å². The van der Waals surface area contributed by atoms with Crippen molar-refractivity contribution in [1.82, 2.24) is 0 Å². The van der Waals surface area contributed by atoms with Crippen LogP contribution in [0.3, 0.4) is 0 Å². The number of cyclic esters (lactones) is 2. The van der Waals surface area contributed by atoms with Crippen molar-refractivity contribution in [2.45, 2.75) is 89.5 Å². The van der Waals surface area contributed by atoms with Crippen molar-refractivity contribution < 1.29 is 47.3 Å². The largest absolute Gasteiger partial charge is 0.472 e. The summed E-state index contributed by atoms with van der Waals surface area (Å²) >= 11 is 0. The summed E-state index contributed by atoms with van der Waals surface area (Å²) in [6.45, 7) is 8.93. The summed E-state index contributed by atoms with van der Waals surface area (Å²) in [7, 11) is 0. The van der Waals surface area contributed by atoms with Gasteiger partial charge in [0, 0.05) is 29.2 Å². The van der Waals surface area contributed by atoms with Crippen LogP contribution in [0.25, 0.3) is 0 Å². The van der Waals surface area contributed by atoms with Gasteiger partial charge >= 0.3 is 17.9 Å². The number of hydrogen-bond acceptors (Lipinski definition) is 10. The number of ketones is 1. The highest BCUT2D eigenvalue weighted by atomic mass is 16.7. The van der Waals surface area contributed by atoms with Crippen LogP contribution in [0.15, 0.2) is 23.0 Å². The van der Waals surface area contributed by atoms with Crippen LogP contribution in [0.2, 0.25) is 0 Å². The summed E-state index contributed by atoms with van der Waals surface area (Å²) in [4.78, 5) is 53.0. The second kappa shape index (κ2) is 7.07. The molecule has 0 bridgehead atoms. The minimum absolute atomic E-state index is 0.0434. The standard InChI is InChI=1S/C28H32O10/c1-13(29)35-18-19-24(2,3)37-16-10-17(30)34-12-27(16,19)15-6-8-25(4)21(14-7-9-33-11-14)36-23(32)22-28(25,38-22)26(15,5)20(18)31/h7,9,11,15-16,18-19,21-22H,6,8,10,12H2,1-5H3/t15-,16-,18-,19+,21-,22+,25-,26-,27-,28+/m0/s1. The number of epoxide rings is 1. The molecule has 6 fully saturated rings. The van der Waals surface area contributed by atoms with Gasteiger partial charge in [-0.2, -0.15) is 0 Å². The molecular weight excluding hydrogens is 496 g/mol. The molecule has 0 radical (unpaired) electrons. The molecule has 0 N–H and O–H groups in total. The van der Waals surface area contributed by atoms with Gasteiger partial charge in [-0.15, -0.1) is 0 Å². The lowest BCUT2D eigenvalue weighted by atomic mass is 9.36. The Morgan fingerprint density at radius 3 is 2.53 bits per heavy atom. The van der Waals surface area contributed by atoms with Crippen molar-refractivity contribution in [3.8, 4) is 0 Å². The number of furan rings is 1. The van der Waals surface area contributed by atoms with Crippen molar-refractivity contribution in [3.05, 3.63) is 24.2 Å². The third-order valence-corrected chi connectivity index (χ3v) is 11.0. The molecule has 10 nitrogen and oxygen atoms in total. The number of fused-ring (bicyclic) bond motifs is 1. The van der Waals surface area contributed by atoms with Gasteiger partial charge in [-0.3, -0.25) is 14.4 Å². The maximum absolute atomic E-state index is 14.8. The molecule has 4 saturated heterocycles. The quantitative estimate of drug-likeness (QED) is 0.321. The van der Waals surface area contributed by atoms with Gasteiger partial charge in [0.1, 0.15) is 18.3 Å². The zero-order chi connectivity index (χ0) is 27.0. The Bertz CT molecular complexity index is 1270. The van der Waals surface area contributed by atoms with E-state index in [0.29, 0.717) is 18.4 Å². The minimum Gasteiger partial charge on any atom is -0.472 e. The highest BCUT2D eigenvalue weighted by molar-refractivity contribution is 5.97. The van der Waals surface area contributed by atoms with E-state index in [0.717, 1.165) is 0 Å². The van der Waals surface area contributed by atoms with Crippen molar-refractivity contribution in [2.75, 3.05) is 6.61 Å². The molecule has 204 valence electrons. The second-order valence-corrected chi connectivity index (χ2v) is 12.9. The molecule has 5 heterocycles. The molecule has 7 rings (SSSR count). The van der Waals surface area contributed by atoms with Crippen LogP contribution < -0.4 is 0 Å². The Morgan fingerprint density at radius 1 is 1.08 bits per heavy atom. The van der Waals surface area contributed by atoms with E-state index in [1.165, 1.54) is 13.2 Å². The molecule has 2 saturated carbocycles. The molecule has 38 heavy (non-hydrogen) atoms. The number of Topliss-reactive ketones (excluding diaryl/α,β-unsaturated/α-hetero) is 1. The molecular formula is C28H32O10. The first kappa shape index (κ1) is 24.3. The summed E-state index contributed by atoms with van der Waals surface area (Å²) in [6.07, 6.45) is 0.994. The third kappa shape index (κ3) is 2.48. The Labute approximate surface area is 219 Å². The van der Waals surface area contributed by atoms with E-state index in [1.807, 2.05) is 27.7 Å². The van der Waals surface area contributed by atoms with Crippen LogP contribution in [0.1, 0.15) is 65.5 Å². The highest BCUT2D eigenvalue weighted by Crippen LogP contribution is 2.79. The Morgan fingerprint density at radius 2 is 1.84 bits per heavy atom. The van der Waals surface area contributed by atoms with Gasteiger partial charge in [-0.1, -0.05) is 6.92 Å². The van der Waals surface area contributed by atoms with Gasteiger partial charge in [0.2, 0.25) is 0 Å². The first-order chi connectivity index (χ1) is 17.8. The van der Waals surface area contributed by atoms with Gasteiger partial charge < -0.3 is 28.1 Å². The summed E-state index contributed by atoms with van der Waals surface area (Å²) in [6, 6.07) is 1.76. The van der Waals surface area contributed by atoms with Crippen LogP contribution in [0, 0.1) is 28.1 Å². The van der Waals surface area contributed by atoms with Gasteiger partial charge in [0.05, 0.1) is 36.1 Å². The maximum atomic E-state index is 14.8. The Hall–Kier alpha value is -2.72. The summed E-state index contributed by atoms with van der Waals surface area (Å²) in [5.74, 6) is -2.65. The molecule has 6 aliphatic rings. The lowest BCUT2D eigenvalue weighted by molar-refractivity contribution is -0.240. The fourth-order valence-corrected chi connectivity index (χ4v) is 9.78. The minimum atomic E-state index is -1.26. The number of ether oxygens (including phenoxy) is 5. The van der Waals surface area contributed by atoms with E-state index in [1.54, 1.807) is 12.3 Å². The molecule has 10 atom stereocenters. The average Bonchev–Trinajstić information content (AvgIpc) is 3.31. The predicted octanol–water partition coefficient (Wildman–Crippen LogP) is 2.68. The van der Waals surface area contributed by atoms with Crippen LogP contribution in [-0.2, 0) is 42.9 Å². The summed E-state index contributed by atoms with van der Waals surface area (Å²) < 4.78 is 35.7. The van der Waals surface area contributed by atoms with E-state index in [-0.39, 0.29) is 30.7 Å². The van der Waals surface area contributed by atoms with E-state index in [2.05, 4.69) is 0 Å². The fraction of sp³-hybridized carbons (Fsp3) is 0.714. The van der Waals surface area contributed by atoms with Crippen molar-refractivity contribution in [1.29, 1.82) is 0 Å². The number of esters is 3. The monoisotopic (exact) mass is 528 g/mol. The number of carbonyl (C=O) groups excluding carboxylic acids is 4. The SMILES string of the molecule is CC(=O)O[C@@H]1C(=O)[C@]2(C)[C@H](CC[C@@]3(C)[C@H](c4ccoc4)OC(=O)[C@H]4O[C@]432)[C@@]23COC(=O)C[C@@H]2OC(C)(C)[C@@H]13. The smallest absolute Gasteiger partial charge is 0.339 e. The van der Waals surface area contributed by atoms with E-state index in [9.17, 15) is 19.2 Å². The molecule has 4 aliphatic heterocycles. The third-order valence-electron chi connectivity index (χ3n) is 11.0. The van der Waals surface area contributed by atoms with Crippen molar-refractivity contribution >= 4 is 23.7 Å². The summed E-state index contributed by atoms with van der Waals surface area (Å²) in [5, 5.41) is 0. The lowest BCUT2D eigenvalue weighted by Crippen LogP contribution is -2.76. The average molecular weight is 529 g/mol. The first-order valence-corrected chi connectivity index (χ1v) is 13.3. The van der Waals surface area contributed by atoms with Crippen LogP contribution >= 0.6 is 0 Å². The molecule has 1 aromatic rings. The van der Waals surface area contributed by atoms with Gasteiger partial charge in [0.25, 0.3) is 0 Å². The number of rotatable bonds is 2. The molecule has 0 amide bonds. The van der Waals surface area contributed by atoms with E-state index < -0.39 is 69.7 Å². The van der Waals surface area contributed by atoms with Gasteiger partial charge in [0.15, 0.2) is 18.0 Å². The Balaban J connectivity index is 1.45. The second-order valence-electron chi connectivity index (χ2n) is 12.9. The molecule has 2 aliphatic carbocycles. The van der Waals surface area contributed by atoms with Crippen LogP contribution in [0.4, 0.5) is 0 Å². The maximum Gasteiger partial charge on any atom is 0.339 e. The van der Waals surface area contributed by atoms with Crippen LogP contribution in [-0.4, -0.2) is 59.8 Å². The fourth-order valence-electron chi connectivity index (χ4n) is 9.78. The lowest BCUT2D eigenvalue weighted by Gasteiger charge is -2.65. The zero-order valence-electron chi connectivity index (χ0n) is 22.1. The first-order valence-electron chi connectivity index (χ1n) is 13.3. The highest BCUT2D eigenvalue weighted by Gasteiger charge is 2.91. The predicted molar refractivity (Wildman–Crippen MR) is 125 cm³/mol. The van der Waals surface area contributed by atoms with Gasteiger partial charge in [-0.05, 0) is 45.6 Å². The van der Waals surface area contributed by atoms with Gasteiger partial charge in [-0.25, -0.2) is 4.79 Å². The molecule has 1 aromatic heterocycles. The van der Waals surface area contributed by atoms with E-state index in [4.69, 9.17) is 28.1 Å². The normalized spacial score (nSPS) is 49.9. The van der Waals surface area contributed by atoms with E-state index >= 15 is 0 Å². The molecule has 2 spiro atoms. The number of hydrogen-bond donors (Lipinski definition) is 0. The molecule has 10 heteroatoms.